The van der Waals surface area contributed by atoms with Crippen molar-refractivity contribution in [2.75, 3.05) is 4.90 Å². The molecule has 8 rings (SSSR count). The first-order valence-electron chi connectivity index (χ1n) is 17.5. The lowest BCUT2D eigenvalue weighted by Crippen LogP contribution is -2.11. The molecule has 8 aromatic rings. The molecular weight excluding hydrogens is 635 g/mol. The van der Waals surface area contributed by atoms with E-state index in [1.165, 1.54) is 11.1 Å². The molecular formula is C48H37N3O. The van der Waals surface area contributed by atoms with Gasteiger partial charge in [-0.25, -0.2) is 9.97 Å². The number of aromatic nitrogens is 2. The van der Waals surface area contributed by atoms with E-state index in [0.29, 0.717) is 11.3 Å². The molecule has 0 radical (unpaired) electrons. The zero-order valence-corrected chi connectivity index (χ0v) is 28.8. The highest BCUT2D eigenvalue weighted by Gasteiger charge is 2.18. The van der Waals surface area contributed by atoms with Crippen LogP contribution in [0.1, 0.15) is 24.0 Å². The maximum absolute atomic E-state index is 11.0. The van der Waals surface area contributed by atoms with Crippen molar-refractivity contribution < 1.29 is 5.11 Å². The second kappa shape index (κ2) is 14.6. The number of phenolic OH excluding ortho intramolecular Hbond substituents is 1. The average Bonchev–Trinajstić information content (AvgIpc) is 3.22. The lowest BCUT2D eigenvalue weighted by Gasteiger charge is -2.25. The Labute approximate surface area is 305 Å². The fourth-order valence-electron chi connectivity index (χ4n) is 6.73. The number of anilines is 3. The third kappa shape index (κ3) is 6.83. The summed E-state index contributed by atoms with van der Waals surface area (Å²) in [7, 11) is 0. The maximum atomic E-state index is 11.0. The molecule has 0 spiro atoms. The molecule has 1 unspecified atom stereocenters. The first-order chi connectivity index (χ1) is 25.6. The quantitative estimate of drug-likeness (QED) is 0.166. The zero-order chi connectivity index (χ0) is 35.3. The van der Waals surface area contributed by atoms with E-state index in [1.54, 1.807) is 6.07 Å². The molecule has 0 aliphatic heterocycles. The van der Waals surface area contributed by atoms with Crippen LogP contribution in [0.15, 0.2) is 194 Å². The van der Waals surface area contributed by atoms with Crippen LogP contribution in [0.4, 0.5) is 17.2 Å². The third-order valence-electron chi connectivity index (χ3n) is 9.52. The molecule has 1 atom stereocenters. The number of benzene rings is 6. The number of para-hydroxylation sites is 2. The van der Waals surface area contributed by atoms with Crippen molar-refractivity contribution >= 4 is 17.2 Å². The molecule has 52 heavy (non-hydrogen) atoms. The average molecular weight is 672 g/mol. The van der Waals surface area contributed by atoms with E-state index >= 15 is 0 Å². The molecule has 4 heteroatoms. The Hall–Kier alpha value is -6.78. The van der Waals surface area contributed by atoms with E-state index in [4.69, 9.17) is 9.97 Å². The molecule has 0 aliphatic rings. The molecule has 0 amide bonds. The molecule has 4 nitrogen and oxygen atoms in total. The van der Waals surface area contributed by atoms with Crippen LogP contribution in [-0.4, -0.2) is 15.1 Å². The van der Waals surface area contributed by atoms with Crippen molar-refractivity contribution in [3.05, 3.63) is 205 Å². The van der Waals surface area contributed by atoms with Crippen LogP contribution < -0.4 is 4.90 Å². The molecule has 6 aromatic carbocycles. The van der Waals surface area contributed by atoms with Gasteiger partial charge in [0.15, 0.2) is 0 Å². The number of pyridine rings is 2. The lowest BCUT2D eigenvalue weighted by atomic mass is 9.91. The van der Waals surface area contributed by atoms with Crippen LogP contribution in [0, 0.1) is 0 Å². The van der Waals surface area contributed by atoms with E-state index in [1.807, 2.05) is 66.9 Å². The summed E-state index contributed by atoms with van der Waals surface area (Å²) in [6, 6.07) is 64.3. The first-order valence-corrected chi connectivity index (χ1v) is 17.5. The highest BCUT2D eigenvalue weighted by Crippen LogP contribution is 2.40. The topological polar surface area (TPSA) is 49.2 Å². The molecule has 0 bridgehead atoms. The van der Waals surface area contributed by atoms with Gasteiger partial charge in [0.05, 0.1) is 11.4 Å². The van der Waals surface area contributed by atoms with Gasteiger partial charge in [0.2, 0.25) is 0 Å². The van der Waals surface area contributed by atoms with Gasteiger partial charge in [0.25, 0.3) is 0 Å². The first kappa shape index (κ1) is 32.4. The van der Waals surface area contributed by atoms with Crippen LogP contribution in [0.2, 0.25) is 0 Å². The standard InChI is InChI=1S/C48H37N3O/c1-34(35-15-5-2-6-16-35)36-24-26-38(27-25-36)40-32-45(50-46(33-40)44-21-11-12-22-47(44)52)41-29-39(37-17-7-3-8-18-37)30-43(31-41)51(42-19-9-4-10-20-42)48-23-13-14-28-49-48/h2-34,52H,1H3. The molecule has 0 fully saturated rings. The second-order valence-electron chi connectivity index (χ2n) is 12.9. The van der Waals surface area contributed by atoms with Gasteiger partial charge in [-0.2, -0.15) is 0 Å². The van der Waals surface area contributed by atoms with Crippen LogP contribution >= 0.6 is 0 Å². The van der Waals surface area contributed by atoms with Crippen molar-refractivity contribution in [3.63, 3.8) is 0 Å². The molecule has 2 aromatic heterocycles. The molecule has 250 valence electrons. The van der Waals surface area contributed by atoms with Gasteiger partial charge in [-0.3, -0.25) is 4.90 Å². The van der Waals surface area contributed by atoms with Crippen LogP contribution in [0.25, 0.3) is 44.8 Å². The largest absolute Gasteiger partial charge is 0.507 e. The Morgan fingerprint density at radius 2 is 1.04 bits per heavy atom. The lowest BCUT2D eigenvalue weighted by molar-refractivity contribution is 0.477. The highest BCUT2D eigenvalue weighted by molar-refractivity contribution is 5.85. The van der Waals surface area contributed by atoms with Crippen molar-refractivity contribution in [1.82, 2.24) is 9.97 Å². The summed E-state index contributed by atoms with van der Waals surface area (Å²) >= 11 is 0. The van der Waals surface area contributed by atoms with Crippen LogP contribution in [-0.2, 0) is 0 Å². The Balaban J connectivity index is 1.31. The van der Waals surface area contributed by atoms with Crippen molar-refractivity contribution in [2.24, 2.45) is 0 Å². The van der Waals surface area contributed by atoms with Gasteiger partial charge in [0, 0.05) is 34.6 Å². The Kier molecular flexibility index (Phi) is 9.10. The van der Waals surface area contributed by atoms with Crippen molar-refractivity contribution in [1.29, 1.82) is 0 Å². The zero-order valence-electron chi connectivity index (χ0n) is 28.8. The van der Waals surface area contributed by atoms with E-state index in [2.05, 4.69) is 133 Å². The van der Waals surface area contributed by atoms with Gasteiger partial charge in [0.1, 0.15) is 11.6 Å². The smallest absolute Gasteiger partial charge is 0.137 e. The number of nitrogens with zero attached hydrogens (tertiary/aromatic N) is 3. The minimum Gasteiger partial charge on any atom is -0.507 e. The van der Waals surface area contributed by atoms with E-state index in [0.717, 1.165) is 50.7 Å². The molecule has 0 aliphatic carbocycles. The fourth-order valence-corrected chi connectivity index (χ4v) is 6.73. The molecule has 2 heterocycles. The maximum Gasteiger partial charge on any atom is 0.137 e. The van der Waals surface area contributed by atoms with E-state index in [-0.39, 0.29) is 11.7 Å². The summed E-state index contributed by atoms with van der Waals surface area (Å²) in [5.74, 6) is 1.27. The third-order valence-corrected chi connectivity index (χ3v) is 9.52. The van der Waals surface area contributed by atoms with Gasteiger partial charge < -0.3 is 5.11 Å². The molecule has 0 saturated carbocycles. The number of aromatic hydroxyl groups is 1. The van der Waals surface area contributed by atoms with Gasteiger partial charge in [-0.1, -0.05) is 128 Å². The minimum absolute atomic E-state index is 0.189. The SMILES string of the molecule is CC(c1ccccc1)c1ccc(-c2cc(-c3cc(-c4ccccc4)cc(N(c4ccccc4)c4ccccn4)c3)nc(-c3ccccc3O)c2)cc1. The minimum atomic E-state index is 0.189. The summed E-state index contributed by atoms with van der Waals surface area (Å²) in [6.45, 7) is 2.24. The number of rotatable bonds is 9. The normalized spacial score (nSPS) is 11.6. The predicted octanol–water partition coefficient (Wildman–Crippen LogP) is 12.5. The number of phenols is 1. The Morgan fingerprint density at radius 3 is 1.75 bits per heavy atom. The fraction of sp³-hybridized carbons (Fsp3) is 0.0417. The summed E-state index contributed by atoms with van der Waals surface area (Å²) < 4.78 is 0. The Morgan fingerprint density at radius 1 is 0.462 bits per heavy atom. The number of hydrogen-bond donors (Lipinski definition) is 1. The van der Waals surface area contributed by atoms with Gasteiger partial charge in [-0.05, 0) is 100 Å². The Bertz CT molecular complexity index is 2370. The van der Waals surface area contributed by atoms with Crippen LogP contribution in [0.5, 0.6) is 5.75 Å². The summed E-state index contributed by atoms with van der Waals surface area (Å²) in [5.41, 5.74) is 11.8. The monoisotopic (exact) mass is 671 g/mol. The highest BCUT2D eigenvalue weighted by atomic mass is 16.3. The summed E-state index contributed by atoms with van der Waals surface area (Å²) in [6.07, 6.45) is 1.82. The predicted molar refractivity (Wildman–Crippen MR) is 214 cm³/mol. The van der Waals surface area contributed by atoms with Crippen molar-refractivity contribution in [3.8, 4) is 50.5 Å². The summed E-state index contributed by atoms with van der Waals surface area (Å²) in [4.78, 5) is 12.2. The summed E-state index contributed by atoms with van der Waals surface area (Å²) in [5, 5.41) is 11.0. The van der Waals surface area contributed by atoms with Gasteiger partial charge >= 0.3 is 0 Å². The van der Waals surface area contributed by atoms with E-state index < -0.39 is 0 Å². The van der Waals surface area contributed by atoms with Crippen LogP contribution in [0.3, 0.4) is 0 Å². The second-order valence-corrected chi connectivity index (χ2v) is 12.9. The number of hydrogen-bond acceptors (Lipinski definition) is 4. The molecule has 0 saturated heterocycles. The van der Waals surface area contributed by atoms with E-state index in [9.17, 15) is 5.11 Å². The van der Waals surface area contributed by atoms with Gasteiger partial charge in [-0.15, -0.1) is 0 Å². The molecule has 1 N–H and O–H groups in total. The van der Waals surface area contributed by atoms with Crippen molar-refractivity contribution in [2.45, 2.75) is 12.8 Å².